The summed E-state index contributed by atoms with van der Waals surface area (Å²) in [4.78, 5) is 4.68. The van der Waals surface area contributed by atoms with Crippen LogP contribution in [0.3, 0.4) is 0 Å². The number of hydrogen-bond donors (Lipinski definition) is 0. The summed E-state index contributed by atoms with van der Waals surface area (Å²) in [6, 6.07) is 17.0. The van der Waals surface area contributed by atoms with Gasteiger partial charge >= 0.3 is 6.36 Å². The summed E-state index contributed by atoms with van der Waals surface area (Å²) < 4.78 is 40.8. The fraction of sp³-hybridized carbons (Fsp3) is 0.480. The number of anilines is 1. The van der Waals surface area contributed by atoms with Crippen LogP contribution in [0.2, 0.25) is 0 Å². The van der Waals surface area contributed by atoms with Gasteiger partial charge in [-0.15, -0.1) is 22.4 Å². The molecule has 2 aliphatic rings. The Morgan fingerprint density at radius 1 is 1.09 bits per heavy atom. The Kier molecular flexibility index (Phi) is 7.46. The van der Waals surface area contributed by atoms with E-state index in [0.717, 1.165) is 63.0 Å². The fourth-order valence-electron chi connectivity index (χ4n) is 4.95. The Labute approximate surface area is 195 Å². The Hall–Kier alpha value is -2.29. The molecule has 0 aliphatic carbocycles. The number of nitriles is 1. The summed E-state index contributed by atoms with van der Waals surface area (Å²) in [5.41, 5.74) is 2.15. The lowest BCUT2D eigenvalue weighted by Crippen LogP contribution is -2.52. The number of benzene rings is 2. The minimum absolute atomic E-state index is 0.0578. The average Bonchev–Trinajstić information content (AvgIpc) is 2.75. The van der Waals surface area contributed by atoms with E-state index < -0.39 is 6.36 Å². The minimum atomic E-state index is -4.66. The quantitative estimate of drug-likeness (QED) is 0.548. The molecule has 33 heavy (non-hydrogen) atoms. The summed E-state index contributed by atoms with van der Waals surface area (Å²) in [7, 11) is 2.72. The molecule has 4 rings (SSSR count). The predicted octanol–water partition coefficient (Wildman–Crippen LogP) is 4.62. The van der Waals surface area contributed by atoms with Crippen molar-refractivity contribution in [1.82, 2.24) is 4.90 Å². The molecule has 2 unspecified atom stereocenters. The Morgan fingerprint density at radius 3 is 2.39 bits per heavy atom. The van der Waals surface area contributed by atoms with Crippen LogP contribution in [-0.2, 0) is 6.42 Å². The van der Waals surface area contributed by atoms with Crippen LogP contribution in [0.4, 0.5) is 18.9 Å². The molecule has 8 heteroatoms. The van der Waals surface area contributed by atoms with Crippen molar-refractivity contribution in [3.8, 4) is 11.8 Å². The highest BCUT2D eigenvalue weighted by Crippen LogP contribution is 2.31. The van der Waals surface area contributed by atoms with Crippen molar-refractivity contribution in [2.45, 2.75) is 25.6 Å². The number of hydrogen-bond acceptors (Lipinski definition) is 4. The monoisotopic (exact) mass is 475 g/mol. The smallest absolute Gasteiger partial charge is 0.406 e. The number of alkyl halides is 3. The van der Waals surface area contributed by atoms with Gasteiger partial charge in [-0.1, -0.05) is 24.3 Å². The van der Waals surface area contributed by atoms with E-state index in [1.54, 1.807) is 12.1 Å². The molecule has 2 atom stereocenters. The Bertz CT molecular complexity index is 962. The highest BCUT2D eigenvalue weighted by Gasteiger charge is 2.33. The van der Waals surface area contributed by atoms with Gasteiger partial charge in [0.25, 0.3) is 0 Å². The largest absolute Gasteiger partial charge is 0.573 e. The van der Waals surface area contributed by atoms with Crippen LogP contribution in [0, 0.1) is 29.1 Å². The lowest BCUT2D eigenvalue weighted by molar-refractivity contribution is -0.274. The van der Waals surface area contributed by atoms with Gasteiger partial charge in [0.1, 0.15) is 5.75 Å². The van der Waals surface area contributed by atoms with Crippen LogP contribution in [0.15, 0.2) is 48.5 Å². The molecule has 2 aromatic rings. The van der Waals surface area contributed by atoms with Gasteiger partial charge in [0.2, 0.25) is 0 Å². The number of rotatable bonds is 7. The molecule has 2 saturated heterocycles. The molecule has 2 aliphatic heterocycles. The third kappa shape index (κ3) is 6.62. The Morgan fingerprint density at radius 2 is 1.79 bits per heavy atom. The molecule has 0 radical (unpaired) electrons. The zero-order valence-corrected chi connectivity index (χ0v) is 19.6. The van der Waals surface area contributed by atoms with Crippen LogP contribution in [0.25, 0.3) is 0 Å². The molecule has 176 valence electrons. The first-order valence-electron chi connectivity index (χ1n) is 11.4. The van der Waals surface area contributed by atoms with Crippen molar-refractivity contribution in [3.63, 3.8) is 0 Å². The van der Waals surface area contributed by atoms with E-state index in [1.165, 1.54) is 17.7 Å². The molecule has 0 aromatic heterocycles. The third-order valence-corrected chi connectivity index (χ3v) is 7.04. The predicted molar refractivity (Wildman–Crippen MR) is 127 cm³/mol. The lowest BCUT2D eigenvalue weighted by Gasteiger charge is -2.44. The Balaban J connectivity index is 1.19. The molecule has 0 bridgehead atoms. The second kappa shape index (κ2) is 10.3. The number of ether oxygens (including phenoxy) is 1. The second-order valence-electron chi connectivity index (χ2n) is 9.14. The summed E-state index contributed by atoms with van der Waals surface area (Å²) >= 11 is 0. The number of piperidine rings is 1. The zero-order valence-electron chi connectivity index (χ0n) is 18.5. The van der Waals surface area contributed by atoms with E-state index in [1.807, 2.05) is 12.1 Å². The summed E-state index contributed by atoms with van der Waals surface area (Å²) in [5.74, 6) is 0.865. The van der Waals surface area contributed by atoms with Gasteiger partial charge in [-0.2, -0.15) is 5.26 Å². The van der Waals surface area contributed by atoms with Crippen molar-refractivity contribution in [2.24, 2.45) is 17.8 Å². The molecular formula is C25H29F3N3OP. The van der Waals surface area contributed by atoms with E-state index in [-0.39, 0.29) is 11.7 Å². The highest BCUT2D eigenvalue weighted by molar-refractivity contribution is 7.27. The normalized spacial score (nSPS) is 19.1. The SMILES string of the molecule is N#CC(Cc1cccc(P)c1)C1CCN(CC2CN(c3ccc(OC(F)(F)F)cc3)C2)CC1. The molecule has 2 aromatic carbocycles. The van der Waals surface area contributed by atoms with Crippen molar-refractivity contribution in [3.05, 3.63) is 54.1 Å². The van der Waals surface area contributed by atoms with E-state index in [2.05, 4.69) is 42.0 Å². The van der Waals surface area contributed by atoms with Gasteiger partial charge in [0, 0.05) is 31.2 Å². The number of nitrogens with zero attached hydrogens (tertiary/aromatic N) is 3. The fourth-order valence-corrected chi connectivity index (χ4v) is 5.27. The second-order valence-corrected chi connectivity index (χ2v) is 9.80. The van der Waals surface area contributed by atoms with Crippen LogP contribution < -0.4 is 14.9 Å². The standard InChI is InChI=1S/C25H29F3N3OP/c26-25(27,28)32-23-6-4-22(5-7-23)31-16-19(17-31)15-30-10-8-20(9-11-30)21(14-29)12-18-2-1-3-24(33)13-18/h1-7,13,19-21H,8-12,15-17,33H2. The topological polar surface area (TPSA) is 39.5 Å². The first kappa shape index (κ1) is 23.9. The maximum absolute atomic E-state index is 12.3. The lowest BCUT2D eigenvalue weighted by atomic mass is 9.81. The third-order valence-electron chi connectivity index (χ3n) is 6.68. The summed E-state index contributed by atoms with van der Waals surface area (Å²) in [6.07, 6.45) is -1.75. The molecule has 0 N–H and O–H groups in total. The first-order valence-corrected chi connectivity index (χ1v) is 11.9. The van der Waals surface area contributed by atoms with Crippen molar-refractivity contribution < 1.29 is 17.9 Å². The van der Waals surface area contributed by atoms with Gasteiger partial charge in [-0.25, -0.2) is 0 Å². The van der Waals surface area contributed by atoms with Gasteiger partial charge < -0.3 is 14.5 Å². The number of likely N-dealkylation sites (tertiary alicyclic amines) is 1. The minimum Gasteiger partial charge on any atom is -0.406 e. The molecule has 2 heterocycles. The maximum Gasteiger partial charge on any atom is 0.573 e. The highest BCUT2D eigenvalue weighted by atomic mass is 31.0. The van der Waals surface area contributed by atoms with Gasteiger partial charge in [-0.05, 0) is 73.4 Å². The van der Waals surface area contributed by atoms with Crippen molar-refractivity contribution in [2.75, 3.05) is 37.6 Å². The van der Waals surface area contributed by atoms with Crippen molar-refractivity contribution in [1.29, 1.82) is 5.26 Å². The molecular weight excluding hydrogens is 446 g/mol. The van der Waals surface area contributed by atoms with E-state index in [9.17, 15) is 18.4 Å². The molecule has 0 amide bonds. The molecule has 0 saturated carbocycles. The van der Waals surface area contributed by atoms with E-state index >= 15 is 0 Å². The van der Waals surface area contributed by atoms with Crippen LogP contribution >= 0.6 is 9.24 Å². The first-order chi connectivity index (χ1) is 15.8. The van der Waals surface area contributed by atoms with Gasteiger partial charge in [-0.3, -0.25) is 0 Å². The number of halogens is 3. The van der Waals surface area contributed by atoms with Gasteiger partial charge in [0.15, 0.2) is 0 Å². The van der Waals surface area contributed by atoms with E-state index in [0.29, 0.717) is 11.8 Å². The molecule has 0 spiro atoms. The molecule has 4 nitrogen and oxygen atoms in total. The molecule has 2 fully saturated rings. The van der Waals surface area contributed by atoms with Crippen LogP contribution in [0.5, 0.6) is 5.75 Å². The van der Waals surface area contributed by atoms with Crippen LogP contribution in [0.1, 0.15) is 18.4 Å². The van der Waals surface area contributed by atoms with Gasteiger partial charge in [0.05, 0.1) is 12.0 Å². The van der Waals surface area contributed by atoms with Crippen molar-refractivity contribution >= 4 is 20.2 Å². The van der Waals surface area contributed by atoms with Crippen LogP contribution in [-0.4, -0.2) is 44.0 Å². The maximum atomic E-state index is 12.3. The average molecular weight is 475 g/mol. The summed E-state index contributed by atoms with van der Waals surface area (Å²) in [5, 5.41) is 10.9. The summed E-state index contributed by atoms with van der Waals surface area (Å²) in [6.45, 7) is 4.89. The van der Waals surface area contributed by atoms with E-state index in [4.69, 9.17) is 0 Å². The zero-order chi connectivity index (χ0) is 23.4.